The van der Waals surface area contributed by atoms with Crippen molar-refractivity contribution in [3.8, 4) is 11.5 Å². The van der Waals surface area contributed by atoms with Gasteiger partial charge in [0.25, 0.3) is 0 Å². The number of hydrogen-bond donors (Lipinski definition) is 1. The molecule has 140 valence electrons. The van der Waals surface area contributed by atoms with Crippen molar-refractivity contribution < 1.29 is 23.8 Å². The molecule has 0 fully saturated rings. The van der Waals surface area contributed by atoms with Crippen molar-refractivity contribution in [2.75, 3.05) is 26.6 Å². The number of hydrogen-bond acceptors (Lipinski definition) is 5. The molecule has 27 heavy (non-hydrogen) atoms. The molecule has 0 spiro atoms. The van der Waals surface area contributed by atoms with E-state index >= 15 is 0 Å². The number of anilines is 1. The second-order valence-electron chi connectivity index (χ2n) is 5.36. The molecule has 0 heterocycles. The number of para-hydroxylation sites is 1. The summed E-state index contributed by atoms with van der Waals surface area (Å²) >= 11 is 0. The Morgan fingerprint density at radius 1 is 0.926 bits per heavy atom. The highest BCUT2D eigenvalue weighted by Crippen LogP contribution is 2.27. The molecular weight excluding hydrogens is 346 g/mol. The smallest absolute Gasteiger partial charge is 0.339 e. The molecule has 0 saturated carbocycles. The van der Waals surface area contributed by atoms with Crippen LogP contribution in [-0.4, -0.2) is 33.2 Å². The van der Waals surface area contributed by atoms with Gasteiger partial charge in [0, 0.05) is 6.08 Å². The molecule has 2 aromatic carbocycles. The number of amides is 1. The highest BCUT2D eigenvalue weighted by Gasteiger charge is 2.11. The molecular formula is C21H21NO5. The maximum Gasteiger partial charge on any atom is 0.339 e. The molecule has 2 rings (SSSR count). The van der Waals surface area contributed by atoms with Gasteiger partial charge < -0.3 is 19.5 Å². The first kappa shape index (κ1) is 19.8. The monoisotopic (exact) mass is 367 g/mol. The van der Waals surface area contributed by atoms with Gasteiger partial charge in [-0.3, -0.25) is 4.79 Å². The lowest BCUT2D eigenvalue weighted by Gasteiger charge is -2.07. The van der Waals surface area contributed by atoms with E-state index in [1.807, 2.05) is 18.2 Å². The number of benzene rings is 2. The van der Waals surface area contributed by atoms with Crippen LogP contribution in [0, 0.1) is 0 Å². The minimum Gasteiger partial charge on any atom is -0.493 e. The lowest BCUT2D eigenvalue weighted by atomic mass is 10.1. The predicted molar refractivity (Wildman–Crippen MR) is 104 cm³/mol. The van der Waals surface area contributed by atoms with Crippen molar-refractivity contribution in [2.45, 2.75) is 0 Å². The van der Waals surface area contributed by atoms with Crippen molar-refractivity contribution >= 4 is 23.6 Å². The fraction of sp³-hybridized carbons (Fsp3) is 0.143. The Kier molecular flexibility index (Phi) is 7.19. The third-order valence-electron chi connectivity index (χ3n) is 3.65. The van der Waals surface area contributed by atoms with Crippen molar-refractivity contribution in [1.29, 1.82) is 0 Å². The molecule has 0 aromatic heterocycles. The Labute approximate surface area is 158 Å². The quantitative estimate of drug-likeness (QED) is 0.459. The summed E-state index contributed by atoms with van der Waals surface area (Å²) in [7, 11) is 4.44. The molecule has 0 bridgehead atoms. The van der Waals surface area contributed by atoms with Crippen LogP contribution in [0.2, 0.25) is 0 Å². The molecule has 6 nitrogen and oxygen atoms in total. The second kappa shape index (κ2) is 9.82. The normalized spacial score (nSPS) is 10.8. The van der Waals surface area contributed by atoms with Gasteiger partial charge in [-0.15, -0.1) is 0 Å². The third kappa shape index (κ3) is 5.47. The molecule has 0 radical (unpaired) electrons. The van der Waals surface area contributed by atoms with Crippen LogP contribution in [-0.2, 0) is 9.53 Å². The third-order valence-corrected chi connectivity index (χ3v) is 3.65. The number of carbonyl (C=O) groups excluding carboxylic acids is 2. The summed E-state index contributed by atoms with van der Waals surface area (Å²) < 4.78 is 15.1. The zero-order chi connectivity index (χ0) is 19.6. The van der Waals surface area contributed by atoms with Crippen LogP contribution >= 0.6 is 0 Å². The van der Waals surface area contributed by atoms with E-state index in [1.54, 1.807) is 56.7 Å². The van der Waals surface area contributed by atoms with E-state index < -0.39 is 5.97 Å². The van der Waals surface area contributed by atoms with Crippen LogP contribution in [0.5, 0.6) is 11.5 Å². The fourth-order valence-corrected chi connectivity index (χ4v) is 2.32. The van der Waals surface area contributed by atoms with Crippen molar-refractivity contribution in [1.82, 2.24) is 0 Å². The molecule has 2 aromatic rings. The summed E-state index contributed by atoms with van der Waals surface area (Å²) in [5.41, 5.74) is 1.58. The van der Waals surface area contributed by atoms with Gasteiger partial charge in [-0.05, 0) is 29.8 Å². The molecule has 1 amide bonds. The fourth-order valence-electron chi connectivity index (χ4n) is 2.32. The lowest BCUT2D eigenvalue weighted by molar-refractivity contribution is -0.111. The standard InChI is InChI=1S/C21H21NO5/c1-25-18-13-12-15(14-19(18)26-2)8-4-7-11-20(23)22-17-10-6-5-9-16(17)21(24)27-3/h4-14H,1-3H3,(H,22,23). The van der Waals surface area contributed by atoms with E-state index in [0.717, 1.165) is 5.56 Å². The zero-order valence-corrected chi connectivity index (χ0v) is 15.4. The van der Waals surface area contributed by atoms with Crippen molar-refractivity contribution in [3.05, 3.63) is 71.8 Å². The average molecular weight is 367 g/mol. The van der Waals surface area contributed by atoms with Gasteiger partial charge in [0.1, 0.15) is 0 Å². The van der Waals surface area contributed by atoms with E-state index in [9.17, 15) is 9.59 Å². The van der Waals surface area contributed by atoms with E-state index in [0.29, 0.717) is 22.7 Å². The maximum absolute atomic E-state index is 12.1. The van der Waals surface area contributed by atoms with E-state index in [4.69, 9.17) is 14.2 Å². The van der Waals surface area contributed by atoms with E-state index in [1.165, 1.54) is 13.2 Å². The Balaban J connectivity index is 2.02. The Morgan fingerprint density at radius 2 is 1.67 bits per heavy atom. The molecule has 0 aliphatic carbocycles. The number of carbonyl (C=O) groups is 2. The molecule has 6 heteroatoms. The van der Waals surface area contributed by atoms with E-state index in [-0.39, 0.29) is 5.91 Å². The number of nitrogens with one attached hydrogen (secondary N) is 1. The number of methoxy groups -OCH3 is 3. The summed E-state index contributed by atoms with van der Waals surface area (Å²) in [5.74, 6) is 0.404. The van der Waals surface area contributed by atoms with Crippen LogP contribution in [0.15, 0.2) is 60.7 Å². The van der Waals surface area contributed by atoms with Crippen LogP contribution in [0.4, 0.5) is 5.69 Å². The van der Waals surface area contributed by atoms with Crippen LogP contribution in [0.3, 0.4) is 0 Å². The second-order valence-corrected chi connectivity index (χ2v) is 5.36. The maximum atomic E-state index is 12.1. The Hall–Kier alpha value is -3.54. The Bertz CT molecular complexity index is 871. The van der Waals surface area contributed by atoms with Gasteiger partial charge in [-0.25, -0.2) is 4.79 Å². The van der Waals surface area contributed by atoms with Crippen LogP contribution in [0.25, 0.3) is 6.08 Å². The number of ether oxygens (including phenoxy) is 3. The molecule has 1 N–H and O–H groups in total. The first-order chi connectivity index (χ1) is 13.1. The zero-order valence-electron chi connectivity index (χ0n) is 15.4. The predicted octanol–water partition coefficient (Wildman–Crippen LogP) is 3.70. The van der Waals surface area contributed by atoms with Gasteiger partial charge in [0.15, 0.2) is 11.5 Å². The summed E-state index contributed by atoms with van der Waals surface area (Å²) in [5, 5.41) is 2.66. The Morgan fingerprint density at radius 3 is 2.37 bits per heavy atom. The van der Waals surface area contributed by atoms with E-state index in [2.05, 4.69) is 5.32 Å². The van der Waals surface area contributed by atoms with Gasteiger partial charge in [-0.1, -0.05) is 36.4 Å². The van der Waals surface area contributed by atoms with Gasteiger partial charge in [-0.2, -0.15) is 0 Å². The lowest BCUT2D eigenvalue weighted by Crippen LogP contribution is -2.12. The topological polar surface area (TPSA) is 73.9 Å². The highest BCUT2D eigenvalue weighted by molar-refractivity contribution is 6.05. The summed E-state index contributed by atoms with van der Waals surface area (Å²) in [4.78, 5) is 23.8. The first-order valence-electron chi connectivity index (χ1n) is 8.14. The van der Waals surface area contributed by atoms with Crippen LogP contribution in [0.1, 0.15) is 15.9 Å². The molecule has 0 atom stereocenters. The van der Waals surface area contributed by atoms with Crippen molar-refractivity contribution in [2.24, 2.45) is 0 Å². The van der Waals surface area contributed by atoms with Gasteiger partial charge in [0.05, 0.1) is 32.6 Å². The van der Waals surface area contributed by atoms with Crippen LogP contribution < -0.4 is 14.8 Å². The summed E-state index contributed by atoms with van der Waals surface area (Å²) in [6, 6.07) is 12.2. The first-order valence-corrected chi connectivity index (χ1v) is 8.14. The molecule has 0 unspecified atom stereocenters. The number of allylic oxidation sites excluding steroid dienone is 2. The minimum atomic E-state index is -0.511. The SMILES string of the molecule is COC(=O)c1ccccc1NC(=O)C=CC=Cc1ccc(OC)c(OC)c1. The average Bonchev–Trinajstić information content (AvgIpc) is 2.70. The molecule has 0 saturated heterocycles. The van der Waals surface area contributed by atoms with Gasteiger partial charge >= 0.3 is 5.97 Å². The number of esters is 1. The van der Waals surface area contributed by atoms with Crippen molar-refractivity contribution in [3.63, 3.8) is 0 Å². The molecule has 0 aliphatic rings. The summed E-state index contributed by atoms with van der Waals surface area (Å²) in [6.45, 7) is 0. The highest BCUT2D eigenvalue weighted by atomic mass is 16.5. The summed E-state index contributed by atoms with van der Waals surface area (Å²) in [6.07, 6.45) is 6.53. The minimum absolute atomic E-state index is 0.294. The largest absolute Gasteiger partial charge is 0.493 e. The van der Waals surface area contributed by atoms with Gasteiger partial charge in [0.2, 0.25) is 5.91 Å². The number of rotatable bonds is 7. The molecule has 0 aliphatic heterocycles.